The topological polar surface area (TPSA) is 88.9 Å². The van der Waals surface area contributed by atoms with Crippen LogP contribution in [0.15, 0.2) is 35.7 Å². The fourth-order valence-corrected chi connectivity index (χ4v) is 2.64. The van der Waals surface area contributed by atoms with Crippen molar-refractivity contribution in [1.82, 2.24) is 14.8 Å². The molecular weight excluding hydrogens is 254 g/mol. The lowest BCUT2D eigenvalue weighted by Gasteiger charge is -2.09. The Bertz CT molecular complexity index is 650. The third-order valence-electron chi connectivity index (χ3n) is 2.25. The van der Waals surface area contributed by atoms with Crippen LogP contribution in [0.1, 0.15) is 0 Å². The van der Waals surface area contributed by atoms with Crippen LogP contribution >= 0.6 is 0 Å². The molecule has 0 fully saturated rings. The predicted octanol–water partition coefficient (Wildman–Crippen LogP) is 0.658. The molecule has 0 amide bonds. The smallest absolute Gasteiger partial charge is 0.281 e. The van der Waals surface area contributed by atoms with Gasteiger partial charge in [0.1, 0.15) is 0 Å². The van der Waals surface area contributed by atoms with Crippen LogP contribution in [0.4, 0.5) is 11.4 Å². The molecule has 0 saturated heterocycles. The molecule has 2 aromatic heterocycles. The number of anilines is 2. The highest BCUT2D eigenvalue weighted by Crippen LogP contribution is 2.20. The van der Waals surface area contributed by atoms with Crippen LogP contribution in [0.5, 0.6) is 0 Å². The van der Waals surface area contributed by atoms with E-state index in [0.717, 1.165) is 0 Å². The van der Waals surface area contributed by atoms with E-state index in [1.54, 1.807) is 32.4 Å². The Kier molecular flexibility index (Phi) is 3.19. The van der Waals surface area contributed by atoms with Crippen molar-refractivity contribution in [3.8, 4) is 0 Å². The number of nitrogens with one attached hydrogen (secondary N) is 2. The van der Waals surface area contributed by atoms with Gasteiger partial charge in [-0.05, 0) is 12.1 Å². The van der Waals surface area contributed by atoms with Crippen molar-refractivity contribution >= 4 is 21.4 Å². The summed E-state index contributed by atoms with van der Waals surface area (Å²) in [4.78, 5) is 3.88. The van der Waals surface area contributed by atoms with E-state index < -0.39 is 10.0 Å². The van der Waals surface area contributed by atoms with Crippen LogP contribution in [0.2, 0.25) is 0 Å². The fraction of sp³-hybridized carbons (Fsp3) is 0.200. The molecule has 0 radical (unpaired) electrons. The Morgan fingerprint density at radius 3 is 2.78 bits per heavy atom. The maximum atomic E-state index is 12.1. The first-order valence-corrected chi connectivity index (χ1v) is 6.65. The highest BCUT2D eigenvalue weighted by molar-refractivity contribution is 7.92. The standard InChI is InChI=1S/C10H13N5O2S/c1-11-9-4-3-5-12-10(9)18(16,17)14-8-6-13-15(2)7-8/h3-7,11,14H,1-2H3. The van der Waals surface area contributed by atoms with Gasteiger partial charge in [0, 0.05) is 26.5 Å². The summed E-state index contributed by atoms with van der Waals surface area (Å²) < 4.78 is 28.2. The Morgan fingerprint density at radius 2 is 2.17 bits per heavy atom. The van der Waals surface area contributed by atoms with E-state index in [1.807, 2.05) is 0 Å². The summed E-state index contributed by atoms with van der Waals surface area (Å²) >= 11 is 0. The number of nitrogens with zero attached hydrogens (tertiary/aromatic N) is 3. The molecule has 2 aromatic rings. The van der Waals surface area contributed by atoms with Crippen molar-refractivity contribution in [1.29, 1.82) is 0 Å². The maximum absolute atomic E-state index is 12.1. The number of sulfonamides is 1. The third-order valence-corrected chi connectivity index (χ3v) is 3.59. The van der Waals surface area contributed by atoms with Crippen molar-refractivity contribution in [2.75, 3.05) is 17.1 Å². The van der Waals surface area contributed by atoms with Crippen molar-refractivity contribution < 1.29 is 8.42 Å². The first-order valence-electron chi connectivity index (χ1n) is 5.17. The second-order valence-corrected chi connectivity index (χ2v) is 5.21. The molecule has 0 atom stereocenters. The minimum atomic E-state index is -3.72. The lowest BCUT2D eigenvalue weighted by atomic mass is 10.4. The molecule has 2 rings (SSSR count). The fourth-order valence-electron chi connectivity index (χ4n) is 1.47. The molecule has 0 aliphatic carbocycles. The largest absolute Gasteiger partial charge is 0.386 e. The SMILES string of the molecule is CNc1cccnc1S(=O)(=O)Nc1cnn(C)c1. The molecule has 2 N–H and O–H groups in total. The van der Waals surface area contributed by atoms with E-state index in [4.69, 9.17) is 0 Å². The molecule has 18 heavy (non-hydrogen) atoms. The molecule has 0 aliphatic rings. The second-order valence-electron chi connectivity index (χ2n) is 3.61. The van der Waals surface area contributed by atoms with Crippen LogP contribution in [-0.4, -0.2) is 30.2 Å². The number of hydrogen-bond acceptors (Lipinski definition) is 5. The van der Waals surface area contributed by atoms with Crippen LogP contribution in [0.25, 0.3) is 0 Å². The summed E-state index contributed by atoms with van der Waals surface area (Å²) in [6.07, 6.45) is 4.43. The Morgan fingerprint density at radius 1 is 1.39 bits per heavy atom. The van der Waals surface area contributed by atoms with Gasteiger partial charge in [-0.2, -0.15) is 13.5 Å². The van der Waals surface area contributed by atoms with Gasteiger partial charge in [-0.25, -0.2) is 4.98 Å². The highest BCUT2D eigenvalue weighted by Gasteiger charge is 2.20. The lowest BCUT2D eigenvalue weighted by molar-refractivity contribution is 0.598. The Balaban J connectivity index is 2.36. The zero-order valence-corrected chi connectivity index (χ0v) is 10.8. The number of rotatable bonds is 4. The van der Waals surface area contributed by atoms with Crippen LogP contribution < -0.4 is 10.0 Å². The average molecular weight is 267 g/mol. The lowest BCUT2D eigenvalue weighted by Crippen LogP contribution is -2.16. The van der Waals surface area contributed by atoms with Crippen molar-refractivity contribution in [3.63, 3.8) is 0 Å². The zero-order chi connectivity index (χ0) is 13.2. The monoisotopic (exact) mass is 267 g/mol. The first-order chi connectivity index (χ1) is 8.53. The molecule has 0 bridgehead atoms. The van der Waals surface area contributed by atoms with E-state index in [-0.39, 0.29) is 5.03 Å². The van der Waals surface area contributed by atoms with Gasteiger partial charge in [0.2, 0.25) is 0 Å². The van der Waals surface area contributed by atoms with Gasteiger partial charge in [-0.15, -0.1) is 0 Å². The summed E-state index contributed by atoms with van der Waals surface area (Å²) in [5.41, 5.74) is 0.832. The summed E-state index contributed by atoms with van der Waals surface area (Å²) in [5, 5.41) is 6.64. The highest BCUT2D eigenvalue weighted by atomic mass is 32.2. The molecule has 0 aliphatic heterocycles. The minimum absolute atomic E-state index is 0.0450. The van der Waals surface area contributed by atoms with Crippen LogP contribution in [0, 0.1) is 0 Å². The molecule has 0 spiro atoms. The van der Waals surface area contributed by atoms with E-state index in [1.165, 1.54) is 17.1 Å². The van der Waals surface area contributed by atoms with E-state index in [9.17, 15) is 8.42 Å². The first kappa shape index (κ1) is 12.4. The summed E-state index contributed by atoms with van der Waals surface area (Å²) in [5.74, 6) is 0. The molecule has 96 valence electrons. The molecule has 2 heterocycles. The molecule has 0 aromatic carbocycles. The molecular formula is C10H13N5O2S. The average Bonchev–Trinajstić information content (AvgIpc) is 2.74. The summed E-state index contributed by atoms with van der Waals surface area (Å²) in [6, 6.07) is 3.31. The maximum Gasteiger partial charge on any atom is 0.281 e. The van der Waals surface area contributed by atoms with Gasteiger partial charge in [0.05, 0.1) is 17.6 Å². The number of aromatic nitrogens is 3. The van der Waals surface area contributed by atoms with Crippen molar-refractivity contribution in [2.45, 2.75) is 5.03 Å². The molecule has 8 heteroatoms. The normalized spacial score (nSPS) is 11.2. The summed E-state index contributed by atoms with van der Waals surface area (Å²) in [6.45, 7) is 0. The van der Waals surface area contributed by atoms with Crippen LogP contribution in [0.3, 0.4) is 0 Å². The second kappa shape index (κ2) is 4.65. The van der Waals surface area contributed by atoms with Crippen LogP contribution in [-0.2, 0) is 17.1 Å². The molecule has 0 unspecified atom stereocenters. The van der Waals surface area contributed by atoms with E-state index in [0.29, 0.717) is 11.4 Å². The van der Waals surface area contributed by atoms with E-state index >= 15 is 0 Å². The van der Waals surface area contributed by atoms with Crippen molar-refractivity contribution in [3.05, 3.63) is 30.7 Å². The Hall–Kier alpha value is -2.09. The zero-order valence-electron chi connectivity index (χ0n) is 9.95. The predicted molar refractivity (Wildman–Crippen MR) is 67.8 cm³/mol. The van der Waals surface area contributed by atoms with Gasteiger partial charge < -0.3 is 5.32 Å². The molecule has 7 nitrogen and oxygen atoms in total. The number of hydrogen-bond donors (Lipinski definition) is 2. The van der Waals surface area contributed by atoms with Gasteiger partial charge in [0.15, 0.2) is 5.03 Å². The van der Waals surface area contributed by atoms with Gasteiger partial charge in [-0.3, -0.25) is 9.40 Å². The third kappa shape index (κ3) is 2.43. The minimum Gasteiger partial charge on any atom is -0.386 e. The quantitative estimate of drug-likeness (QED) is 0.849. The summed E-state index contributed by atoms with van der Waals surface area (Å²) in [7, 11) is -0.375. The van der Waals surface area contributed by atoms with Gasteiger partial charge in [-0.1, -0.05) is 0 Å². The van der Waals surface area contributed by atoms with E-state index in [2.05, 4.69) is 20.1 Å². The van der Waals surface area contributed by atoms with Crippen molar-refractivity contribution in [2.24, 2.45) is 7.05 Å². The number of aryl methyl sites for hydroxylation is 1. The number of pyridine rings is 1. The van der Waals surface area contributed by atoms with Gasteiger partial charge >= 0.3 is 0 Å². The molecule has 0 saturated carbocycles. The van der Waals surface area contributed by atoms with Gasteiger partial charge in [0.25, 0.3) is 10.0 Å². The Labute approximate surface area is 105 Å².